The molecular weight excluding hydrogens is 334 g/mol. The van der Waals surface area contributed by atoms with Gasteiger partial charge in [0.2, 0.25) is 11.8 Å². The number of hydrogen-bond acceptors (Lipinski definition) is 4. The van der Waals surface area contributed by atoms with Crippen molar-refractivity contribution in [1.29, 1.82) is 0 Å². The fourth-order valence-corrected chi connectivity index (χ4v) is 2.56. The lowest BCUT2D eigenvalue weighted by atomic mass is 9.96. The van der Waals surface area contributed by atoms with E-state index in [1.807, 2.05) is 20.8 Å². The molecule has 23 heavy (non-hydrogen) atoms. The minimum Gasteiger partial charge on any atom is -0.326 e. The first-order valence-electron chi connectivity index (χ1n) is 7.05. The molecule has 0 unspecified atom stereocenters. The van der Waals surface area contributed by atoms with Gasteiger partial charge < -0.3 is 10.6 Å². The van der Waals surface area contributed by atoms with Crippen LogP contribution in [0.2, 0.25) is 5.02 Å². The minimum atomic E-state index is -0.490. The van der Waals surface area contributed by atoms with Crippen molar-refractivity contribution < 1.29 is 9.59 Å². The molecule has 0 bridgehead atoms. The van der Waals surface area contributed by atoms with Gasteiger partial charge in [-0.3, -0.25) is 9.59 Å². The number of aromatic nitrogens is 1. The summed E-state index contributed by atoms with van der Waals surface area (Å²) in [7, 11) is 0. The molecule has 0 saturated heterocycles. The Morgan fingerprint density at radius 1 is 1.26 bits per heavy atom. The molecule has 0 fully saturated rings. The predicted molar refractivity (Wildman–Crippen MR) is 94.0 cm³/mol. The molecule has 5 nitrogen and oxygen atoms in total. The summed E-state index contributed by atoms with van der Waals surface area (Å²) in [6.45, 7) is 5.49. The van der Waals surface area contributed by atoms with Gasteiger partial charge in [0.1, 0.15) is 0 Å². The minimum absolute atomic E-state index is 0.109. The average Bonchev–Trinajstić information content (AvgIpc) is 2.84. The third-order valence-corrected chi connectivity index (χ3v) is 3.95. The van der Waals surface area contributed by atoms with E-state index in [1.54, 1.807) is 29.6 Å². The van der Waals surface area contributed by atoms with E-state index in [-0.39, 0.29) is 18.2 Å². The molecule has 2 aromatic rings. The molecule has 0 spiro atoms. The topological polar surface area (TPSA) is 71.1 Å². The maximum atomic E-state index is 12.0. The van der Waals surface area contributed by atoms with Crippen LogP contribution in [-0.2, 0) is 16.0 Å². The van der Waals surface area contributed by atoms with Gasteiger partial charge in [-0.05, 0) is 18.2 Å². The van der Waals surface area contributed by atoms with Gasteiger partial charge in [-0.25, -0.2) is 4.98 Å². The first kappa shape index (κ1) is 17.4. The predicted octanol–water partition coefficient (Wildman–Crippen LogP) is 3.96. The van der Waals surface area contributed by atoms with Crippen LogP contribution < -0.4 is 10.6 Å². The van der Waals surface area contributed by atoms with E-state index in [2.05, 4.69) is 15.6 Å². The lowest BCUT2D eigenvalue weighted by molar-refractivity contribution is -0.123. The maximum absolute atomic E-state index is 12.0. The average molecular weight is 352 g/mol. The Kier molecular flexibility index (Phi) is 5.38. The zero-order valence-corrected chi connectivity index (χ0v) is 14.7. The summed E-state index contributed by atoms with van der Waals surface area (Å²) < 4.78 is 0. The second-order valence-electron chi connectivity index (χ2n) is 6.08. The third-order valence-electron chi connectivity index (χ3n) is 2.90. The number of carbonyl (C=O) groups is 2. The van der Waals surface area contributed by atoms with Crippen molar-refractivity contribution in [3.8, 4) is 0 Å². The molecule has 0 radical (unpaired) electrons. The maximum Gasteiger partial charge on any atom is 0.231 e. The van der Waals surface area contributed by atoms with Crippen LogP contribution in [0.5, 0.6) is 0 Å². The van der Waals surface area contributed by atoms with E-state index < -0.39 is 5.41 Å². The highest BCUT2D eigenvalue weighted by molar-refractivity contribution is 7.13. The summed E-state index contributed by atoms with van der Waals surface area (Å²) in [6.07, 6.45) is 0.133. The molecule has 2 amide bonds. The number of amides is 2. The van der Waals surface area contributed by atoms with Crippen molar-refractivity contribution in [2.24, 2.45) is 5.41 Å². The van der Waals surface area contributed by atoms with Gasteiger partial charge in [0.05, 0.1) is 12.1 Å². The van der Waals surface area contributed by atoms with Crippen LogP contribution in [0.15, 0.2) is 29.6 Å². The Labute approximate surface area is 144 Å². The third kappa shape index (κ3) is 5.33. The van der Waals surface area contributed by atoms with E-state index in [0.717, 1.165) is 0 Å². The number of nitrogens with zero attached hydrogens (tertiary/aromatic N) is 1. The highest BCUT2D eigenvalue weighted by Crippen LogP contribution is 2.21. The molecular formula is C16H18ClN3O2S. The van der Waals surface area contributed by atoms with Crippen molar-refractivity contribution in [2.75, 3.05) is 10.6 Å². The molecule has 122 valence electrons. The molecule has 0 aliphatic heterocycles. The number of rotatable bonds is 4. The number of hydrogen-bond donors (Lipinski definition) is 2. The van der Waals surface area contributed by atoms with Crippen molar-refractivity contribution in [1.82, 2.24) is 4.98 Å². The van der Waals surface area contributed by atoms with Gasteiger partial charge in [0.15, 0.2) is 5.13 Å². The van der Waals surface area contributed by atoms with Crippen LogP contribution in [0.1, 0.15) is 26.5 Å². The molecule has 2 N–H and O–H groups in total. The highest BCUT2D eigenvalue weighted by Gasteiger charge is 2.22. The van der Waals surface area contributed by atoms with E-state index in [9.17, 15) is 9.59 Å². The lowest BCUT2D eigenvalue weighted by Crippen LogP contribution is -2.27. The van der Waals surface area contributed by atoms with Crippen molar-refractivity contribution in [2.45, 2.75) is 27.2 Å². The van der Waals surface area contributed by atoms with Gasteiger partial charge in [0.25, 0.3) is 0 Å². The van der Waals surface area contributed by atoms with Crippen LogP contribution in [-0.4, -0.2) is 16.8 Å². The Morgan fingerprint density at radius 3 is 2.65 bits per heavy atom. The molecule has 0 saturated carbocycles. The number of nitrogens with one attached hydrogen (secondary N) is 2. The number of halogens is 1. The normalized spacial score (nSPS) is 11.1. The van der Waals surface area contributed by atoms with Crippen LogP contribution in [0.4, 0.5) is 10.8 Å². The van der Waals surface area contributed by atoms with E-state index in [0.29, 0.717) is 21.5 Å². The second-order valence-corrected chi connectivity index (χ2v) is 7.38. The van der Waals surface area contributed by atoms with Gasteiger partial charge >= 0.3 is 0 Å². The van der Waals surface area contributed by atoms with Crippen molar-refractivity contribution in [3.05, 3.63) is 40.4 Å². The fraction of sp³-hybridized carbons (Fsp3) is 0.312. The number of carbonyl (C=O) groups excluding carboxylic acids is 2. The summed E-state index contributed by atoms with van der Waals surface area (Å²) in [4.78, 5) is 28.2. The molecule has 0 atom stereocenters. The second kappa shape index (κ2) is 7.10. The summed E-state index contributed by atoms with van der Waals surface area (Å²) >= 11 is 7.18. The molecule has 1 aromatic carbocycles. The van der Waals surface area contributed by atoms with Crippen LogP contribution in [0.25, 0.3) is 0 Å². The number of thiazole rings is 1. The van der Waals surface area contributed by atoms with Crippen molar-refractivity contribution in [3.63, 3.8) is 0 Å². The van der Waals surface area contributed by atoms with E-state index in [4.69, 9.17) is 11.6 Å². The van der Waals surface area contributed by atoms with Crippen LogP contribution in [0.3, 0.4) is 0 Å². The Balaban J connectivity index is 1.93. The summed E-state index contributed by atoms with van der Waals surface area (Å²) in [5, 5.41) is 8.33. The Morgan fingerprint density at radius 2 is 2.00 bits per heavy atom. The summed E-state index contributed by atoms with van der Waals surface area (Å²) in [5.41, 5.74) is 0.758. The Hall–Kier alpha value is -1.92. The molecule has 2 rings (SSSR count). The monoisotopic (exact) mass is 351 g/mol. The van der Waals surface area contributed by atoms with Gasteiger partial charge in [-0.15, -0.1) is 11.3 Å². The standard InChI is InChI=1S/C16H18ClN3O2S/c1-16(2,3)14(22)20-15-19-12(9-23-15)8-13(21)18-11-6-4-5-10(17)7-11/h4-7,9H,8H2,1-3H3,(H,18,21)(H,19,20,22). The van der Waals surface area contributed by atoms with Gasteiger partial charge in [0, 0.05) is 21.5 Å². The highest BCUT2D eigenvalue weighted by atomic mass is 35.5. The van der Waals surface area contributed by atoms with Crippen LogP contribution >= 0.6 is 22.9 Å². The quantitative estimate of drug-likeness (QED) is 0.875. The number of benzene rings is 1. The van der Waals surface area contributed by atoms with Crippen LogP contribution in [0, 0.1) is 5.41 Å². The fourth-order valence-electron chi connectivity index (χ4n) is 1.67. The SMILES string of the molecule is CC(C)(C)C(=O)Nc1nc(CC(=O)Nc2cccc(Cl)c2)cs1. The lowest BCUT2D eigenvalue weighted by Gasteiger charge is -2.15. The van der Waals surface area contributed by atoms with Gasteiger partial charge in [-0.2, -0.15) is 0 Å². The van der Waals surface area contributed by atoms with Crippen molar-refractivity contribution >= 4 is 45.6 Å². The summed E-state index contributed by atoms with van der Waals surface area (Å²) in [6, 6.07) is 6.94. The molecule has 1 heterocycles. The molecule has 7 heteroatoms. The summed E-state index contributed by atoms with van der Waals surface area (Å²) in [5.74, 6) is -0.298. The molecule has 1 aromatic heterocycles. The zero-order valence-electron chi connectivity index (χ0n) is 13.1. The molecule has 0 aliphatic rings. The number of anilines is 2. The van der Waals surface area contributed by atoms with E-state index >= 15 is 0 Å². The zero-order chi connectivity index (χ0) is 17.0. The first-order valence-corrected chi connectivity index (χ1v) is 8.31. The molecule has 0 aliphatic carbocycles. The van der Waals surface area contributed by atoms with Gasteiger partial charge in [-0.1, -0.05) is 38.4 Å². The van der Waals surface area contributed by atoms with E-state index in [1.165, 1.54) is 11.3 Å². The first-order chi connectivity index (χ1) is 10.7. The Bertz CT molecular complexity index is 722. The smallest absolute Gasteiger partial charge is 0.231 e. The largest absolute Gasteiger partial charge is 0.326 e.